The molecule has 0 bridgehead atoms. The molecular formula is C25H22N2O4. The van der Waals surface area contributed by atoms with Gasteiger partial charge in [-0.3, -0.25) is 4.79 Å². The lowest BCUT2D eigenvalue weighted by Gasteiger charge is -2.10. The number of ether oxygens (including phenoxy) is 2. The molecule has 4 rings (SSSR count). The number of aryl methyl sites for hydroxylation is 1. The molecule has 0 radical (unpaired) electrons. The van der Waals surface area contributed by atoms with Crippen molar-refractivity contribution in [1.82, 2.24) is 5.16 Å². The minimum Gasteiger partial charge on any atom is -0.493 e. The van der Waals surface area contributed by atoms with Crippen molar-refractivity contribution >= 4 is 11.6 Å². The van der Waals surface area contributed by atoms with Gasteiger partial charge in [0.05, 0.1) is 12.7 Å². The van der Waals surface area contributed by atoms with Gasteiger partial charge in [0.15, 0.2) is 17.2 Å². The van der Waals surface area contributed by atoms with Crippen molar-refractivity contribution in [1.29, 1.82) is 0 Å². The number of methoxy groups -OCH3 is 1. The standard InChI is InChI=1S/C25H22N2O4/c1-17-21(16-30-23-11-7-6-10-22(23)29-2)24(27-31-17)25(28)26-20-14-12-19(13-15-20)18-8-4-3-5-9-18/h3-15H,16H2,1-2H3,(H,26,28). The number of carbonyl (C=O) groups excluding carboxylic acids is 1. The Hall–Kier alpha value is -4.06. The zero-order valence-electron chi connectivity index (χ0n) is 17.3. The van der Waals surface area contributed by atoms with E-state index in [4.69, 9.17) is 14.0 Å². The summed E-state index contributed by atoms with van der Waals surface area (Å²) in [5.74, 6) is 1.36. The molecule has 156 valence electrons. The first-order valence-corrected chi connectivity index (χ1v) is 9.83. The highest BCUT2D eigenvalue weighted by molar-refractivity contribution is 6.04. The molecule has 6 nitrogen and oxygen atoms in total. The molecule has 0 unspecified atom stereocenters. The van der Waals surface area contributed by atoms with E-state index >= 15 is 0 Å². The van der Waals surface area contributed by atoms with Crippen molar-refractivity contribution in [3.05, 3.63) is 95.9 Å². The number of rotatable bonds is 7. The van der Waals surface area contributed by atoms with Gasteiger partial charge >= 0.3 is 0 Å². The predicted octanol–water partition coefficient (Wildman–Crippen LogP) is 5.49. The summed E-state index contributed by atoms with van der Waals surface area (Å²) in [6.45, 7) is 1.88. The normalized spacial score (nSPS) is 10.5. The molecule has 3 aromatic carbocycles. The van der Waals surface area contributed by atoms with Crippen LogP contribution in [0.25, 0.3) is 11.1 Å². The maximum atomic E-state index is 12.8. The van der Waals surface area contributed by atoms with E-state index in [0.717, 1.165) is 11.1 Å². The second-order valence-corrected chi connectivity index (χ2v) is 6.90. The molecule has 0 fully saturated rings. The lowest BCUT2D eigenvalue weighted by Crippen LogP contribution is -2.15. The lowest BCUT2D eigenvalue weighted by atomic mass is 10.1. The van der Waals surface area contributed by atoms with Crippen molar-refractivity contribution in [2.24, 2.45) is 0 Å². The molecule has 0 atom stereocenters. The Morgan fingerprint density at radius 2 is 1.55 bits per heavy atom. The van der Waals surface area contributed by atoms with E-state index in [0.29, 0.717) is 28.5 Å². The van der Waals surface area contributed by atoms with Gasteiger partial charge in [0, 0.05) is 5.69 Å². The second kappa shape index (κ2) is 9.17. The van der Waals surface area contributed by atoms with E-state index in [1.807, 2.05) is 72.8 Å². The highest BCUT2D eigenvalue weighted by Crippen LogP contribution is 2.28. The summed E-state index contributed by atoms with van der Waals surface area (Å²) in [6, 6.07) is 25.0. The molecule has 0 saturated carbocycles. The first kappa shape index (κ1) is 20.2. The molecule has 0 saturated heterocycles. The Balaban J connectivity index is 1.47. The Morgan fingerprint density at radius 3 is 2.26 bits per heavy atom. The van der Waals surface area contributed by atoms with Crippen LogP contribution in [0.1, 0.15) is 21.8 Å². The smallest absolute Gasteiger partial charge is 0.278 e. The van der Waals surface area contributed by atoms with Crippen molar-refractivity contribution in [3.8, 4) is 22.6 Å². The highest BCUT2D eigenvalue weighted by atomic mass is 16.5. The lowest BCUT2D eigenvalue weighted by molar-refractivity contribution is 0.101. The third kappa shape index (κ3) is 4.59. The van der Waals surface area contributed by atoms with Crippen LogP contribution in [0.2, 0.25) is 0 Å². The fraction of sp³-hybridized carbons (Fsp3) is 0.120. The third-order valence-electron chi connectivity index (χ3n) is 4.89. The maximum absolute atomic E-state index is 12.8. The van der Waals surface area contributed by atoms with Crippen LogP contribution in [-0.2, 0) is 6.61 Å². The number of hydrogen-bond donors (Lipinski definition) is 1. The van der Waals surface area contributed by atoms with Gasteiger partial charge in [-0.05, 0) is 42.3 Å². The molecule has 1 aromatic heterocycles. The second-order valence-electron chi connectivity index (χ2n) is 6.90. The van der Waals surface area contributed by atoms with Gasteiger partial charge in [0.25, 0.3) is 5.91 Å². The molecule has 1 N–H and O–H groups in total. The van der Waals surface area contributed by atoms with Gasteiger partial charge in [-0.2, -0.15) is 0 Å². The Kier molecular flexibility index (Phi) is 5.98. The third-order valence-corrected chi connectivity index (χ3v) is 4.89. The summed E-state index contributed by atoms with van der Waals surface area (Å²) in [5.41, 5.74) is 3.64. The van der Waals surface area contributed by atoms with Crippen LogP contribution in [-0.4, -0.2) is 18.2 Å². The molecule has 31 heavy (non-hydrogen) atoms. The van der Waals surface area contributed by atoms with Gasteiger partial charge in [0.2, 0.25) is 0 Å². The minimum atomic E-state index is -0.358. The van der Waals surface area contributed by atoms with E-state index in [1.165, 1.54) is 0 Å². The molecule has 6 heteroatoms. The van der Waals surface area contributed by atoms with Crippen LogP contribution in [0.5, 0.6) is 11.5 Å². The van der Waals surface area contributed by atoms with Crippen molar-refractivity contribution < 1.29 is 18.8 Å². The fourth-order valence-corrected chi connectivity index (χ4v) is 3.19. The number of benzene rings is 3. The average Bonchev–Trinajstić information content (AvgIpc) is 3.19. The van der Waals surface area contributed by atoms with E-state index in [1.54, 1.807) is 20.1 Å². The average molecular weight is 414 g/mol. The summed E-state index contributed by atoms with van der Waals surface area (Å²) in [5, 5.41) is 6.80. The predicted molar refractivity (Wildman–Crippen MR) is 118 cm³/mol. The number of anilines is 1. The summed E-state index contributed by atoms with van der Waals surface area (Å²) in [6.07, 6.45) is 0. The molecule has 1 amide bonds. The summed E-state index contributed by atoms with van der Waals surface area (Å²) in [4.78, 5) is 12.8. The summed E-state index contributed by atoms with van der Waals surface area (Å²) < 4.78 is 16.4. The number of carbonyl (C=O) groups is 1. The number of hydrogen-bond acceptors (Lipinski definition) is 5. The number of para-hydroxylation sites is 2. The first-order valence-electron chi connectivity index (χ1n) is 9.83. The van der Waals surface area contributed by atoms with Crippen molar-refractivity contribution in [3.63, 3.8) is 0 Å². The van der Waals surface area contributed by atoms with Gasteiger partial charge in [-0.15, -0.1) is 0 Å². The van der Waals surface area contributed by atoms with Crippen LogP contribution < -0.4 is 14.8 Å². The molecule has 0 aliphatic carbocycles. The molecule has 0 aliphatic heterocycles. The van der Waals surface area contributed by atoms with Crippen LogP contribution in [0, 0.1) is 6.92 Å². The summed E-state index contributed by atoms with van der Waals surface area (Å²) in [7, 11) is 1.58. The topological polar surface area (TPSA) is 73.6 Å². The van der Waals surface area contributed by atoms with Crippen LogP contribution in [0.15, 0.2) is 83.4 Å². The Morgan fingerprint density at radius 1 is 0.903 bits per heavy atom. The fourth-order valence-electron chi connectivity index (χ4n) is 3.19. The SMILES string of the molecule is COc1ccccc1OCc1c(C(=O)Nc2ccc(-c3ccccc3)cc2)noc1C. The molecule has 0 aliphatic rings. The van der Waals surface area contributed by atoms with E-state index in [2.05, 4.69) is 10.5 Å². The van der Waals surface area contributed by atoms with Gasteiger partial charge < -0.3 is 19.3 Å². The molecule has 4 aromatic rings. The maximum Gasteiger partial charge on any atom is 0.278 e. The van der Waals surface area contributed by atoms with Crippen molar-refractivity contribution in [2.45, 2.75) is 13.5 Å². The van der Waals surface area contributed by atoms with Crippen LogP contribution in [0.4, 0.5) is 5.69 Å². The first-order chi connectivity index (χ1) is 15.2. The number of amides is 1. The van der Waals surface area contributed by atoms with Crippen molar-refractivity contribution in [2.75, 3.05) is 12.4 Å². The largest absolute Gasteiger partial charge is 0.493 e. The molecule has 0 spiro atoms. The number of nitrogens with one attached hydrogen (secondary N) is 1. The monoisotopic (exact) mass is 414 g/mol. The van der Waals surface area contributed by atoms with Gasteiger partial charge in [-0.25, -0.2) is 0 Å². The van der Waals surface area contributed by atoms with E-state index < -0.39 is 0 Å². The summed E-state index contributed by atoms with van der Waals surface area (Å²) >= 11 is 0. The minimum absolute atomic E-state index is 0.130. The van der Waals surface area contributed by atoms with E-state index in [-0.39, 0.29) is 18.2 Å². The van der Waals surface area contributed by atoms with Gasteiger partial charge in [0.1, 0.15) is 12.4 Å². The molecule has 1 heterocycles. The van der Waals surface area contributed by atoms with E-state index in [9.17, 15) is 4.79 Å². The van der Waals surface area contributed by atoms with Gasteiger partial charge in [-0.1, -0.05) is 59.8 Å². The Labute approximate surface area is 180 Å². The Bertz CT molecular complexity index is 1170. The molecular weight excluding hydrogens is 392 g/mol. The quantitative estimate of drug-likeness (QED) is 0.433. The highest BCUT2D eigenvalue weighted by Gasteiger charge is 2.21. The van der Waals surface area contributed by atoms with Crippen LogP contribution >= 0.6 is 0 Å². The zero-order chi connectivity index (χ0) is 21.6. The zero-order valence-corrected chi connectivity index (χ0v) is 17.3. The number of nitrogens with zero attached hydrogens (tertiary/aromatic N) is 1. The number of aromatic nitrogens is 1. The van der Waals surface area contributed by atoms with Crippen LogP contribution in [0.3, 0.4) is 0 Å².